The Labute approximate surface area is 143 Å². The Morgan fingerprint density at radius 2 is 2.22 bits per heavy atom. The van der Waals surface area contributed by atoms with Crippen molar-refractivity contribution in [3.8, 4) is 0 Å². The van der Waals surface area contributed by atoms with E-state index >= 15 is 0 Å². The Hall–Kier alpha value is -2.05. The van der Waals surface area contributed by atoms with Gasteiger partial charge in [0, 0.05) is 34.7 Å². The fraction of sp³-hybridized carbons (Fsp3) is 0.188. The summed E-state index contributed by atoms with van der Waals surface area (Å²) >= 11 is 7.49. The van der Waals surface area contributed by atoms with E-state index in [0.29, 0.717) is 10.7 Å². The molecule has 0 spiro atoms. The Morgan fingerprint density at radius 3 is 2.96 bits per heavy atom. The van der Waals surface area contributed by atoms with Crippen LogP contribution in [-0.2, 0) is 11.8 Å². The number of halogens is 1. The van der Waals surface area contributed by atoms with Gasteiger partial charge in [0.1, 0.15) is 0 Å². The third-order valence-electron chi connectivity index (χ3n) is 3.31. The van der Waals surface area contributed by atoms with E-state index in [1.165, 1.54) is 11.8 Å². The minimum atomic E-state index is -0.253. The second kappa shape index (κ2) is 6.60. The van der Waals surface area contributed by atoms with Crippen molar-refractivity contribution >= 4 is 45.9 Å². The van der Waals surface area contributed by atoms with Crippen LogP contribution >= 0.6 is 23.4 Å². The van der Waals surface area contributed by atoms with Crippen molar-refractivity contribution in [1.29, 1.82) is 0 Å². The summed E-state index contributed by atoms with van der Waals surface area (Å²) in [5, 5.41) is 8.28. The zero-order valence-electron chi connectivity index (χ0n) is 12.7. The van der Waals surface area contributed by atoms with E-state index in [2.05, 4.69) is 15.4 Å². The highest BCUT2D eigenvalue weighted by molar-refractivity contribution is 8.00. The molecule has 2 heterocycles. The highest BCUT2D eigenvalue weighted by Crippen LogP contribution is 2.31. The summed E-state index contributed by atoms with van der Waals surface area (Å²) in [6.45, 7) is 1.87. The lowest BCUT2D eigenvalue weighted by Crippen LogP contribution is -2.22. The molecule has 0 saturated heterocycles. The molecule has 0 aliphatic rings. The van der Waals surface area contributed by atoms with Gasteiger partial charge in [-0.1, -0.05) is 17.7 Å². The number of anilines is 1. The van der Waals surface area contributed by atoms with Gasteiger partial charge in [-0.25, -0.2) is 0 Å². The van der Waals surface area contributed by atoms with Gasteiger partial charge in [0.25, 0.3) is 0 Å². The number of hydrogen-bond acceptors (Lipinski definition) is 4. The second-order valence-electron chi connectivity index (χ2n) is 5.12. The predicted molar refractivity (Wildman–Crippen MR) is 93.9 cm³/mol. The van der Waals surface area contributed by atoms with Crippen LogP contribution in [0, 0.1) is 0 Å². The molecule has 3 aromatic rings. The lowest BCUT2D eigenvalue weighted by Gasteiger charge is -2.12. The normalized spacial score (nSPS) is 12.3. The number of pyridine rings is 1. The number of aryl methyl sites for hydroxylation is 1. The summed E-state index contributed by atoms with van der Waals surface area (Å²) in [5.74, 6) is -0.0677. The average molecular weight is 347 g/mol. The molecule has 7 heteroatoms. The number of nitrogens with zero attached hydrogens (tertiary/aromatic N) is 3. The SMILES string of the molecule is C[C@@H](Sc1ccnc2cc(Cl)ccc12)C(=O)Nc1cnn(C)c1. The van der Waals surface area contributed by atoms with Crippen LogP contribution < -0.4 is 5.32 Å². The highest BCUT2D eigenvalue weighted by Gasteiger charge is 2.16. The first-order valence-electron chi connectivity index (χ1n) is 7.03. The number of aromatic nitrogens is 3. The maximum Gasteiger partial charge on any atom is 0.237 e. The molecule has 1 N–H and O–H groups in total. The van der Waals surface area contributed by atoms with Gasteiger partial charge in [0.2, 0.25) is 5.91 Å². The number of hydrogen-bond donors (Lipinski definition) is 1. The fourth-order valence-electron chi connectivity index (χ4n) is 2.17. The van der Waals surface area contributed by atoms with E-state index in [4.69, 9.17) is 11.6 Å². The second-order valence-corrected chi connectivity index (χ2v) is 6.94. The Kier molecular flexibility index (Phi) is 4.54. The number of rotatable bonds is 4. The number of carbonyl (C=O) groups is 1. The number of amides is 1. The van der Waals surface area contributed by atoms with Crippen LogP contribution in [0.15, 0.2) is 47.8 Å². The van der Waals surface area contributed by atoms with Crippen molar-refractivity contribution in [1.82, 2.24) is 14.8 Å². The Balaban J connectivity index is 1.77. The van der Waals surface area contributed by atoms with Crippen molar-refractivity contribution in [2.45, 2.75) is 17.1 Å². The minimum Gasteiger partial charge on any atom is -0.322 e. The molecule has 0 fully saturated rings. The molecule has 0 bridgehead atoms. The van der Waals surface area contributed by atoms with Crippen LogP contribution in [0.3, 0.4) is 0 Å². The topological polar surface area (TPSA) is 59.8 Å². The number of thioether (sulfide) groups is 1. The molecule has 0 aliphatic carbocycles. The first-order valence-corrected chi connectivity index (χ1v) is 8.29. The first-order chi connectivity index (χ1) is 11.0. The van der Waals surface area contributed by atoms with E-state index in [0.717, 1.165) is 15.8 Å². The smallest absolute Gasteiger partial charge is 0.237 e. The zero-order valence-corrected chi connectivity index (χ0v) is 14.2. The first kappa shape index (κ1) is 15.8. The van der Waals surface area contributed by atoms with Gasteiger partial charge in [-0.3, -0.25) is 14.5 Å². The monoisotopic (exact) mass is 346 g/mol. The molecule has 2 aromatic heterocycles. The minimum absolute atomic E-state index is 0.0677. The predicted octanol–water partition coefficient (Wildman–Crippen LogP) is 3.74. The van der Waals surface area contributed by atoms with Gasteiger partial charge in [-0.15, -0.1) is 11.8 Å². The van der Waals surface area contributed by atoms with Crippen molar-refractivity contribution < 1.29 is 4.79 Å². The van der Waals surface area contributed by atoms with Gasteiger partial charge in [0.15, 0.2) is 0 Å². The van der Waals surface area contributed by atoms with Crippen molar-refractivity contribution in [3.05, 3.63) is 47.9 Å². The summed E-state index contributed by atoms with van der Waals surface area (Å²) in [5.41, 5.74) is 1.51. The van der Waals surface area contributed by atoms with Gasteiger partial charge in [-0.05, 0) is 25.1 Å². The number of benzene rings is 1. The lowest BCUT2D eigenvalue weighted by molar-refractivity contribution is -0.115. The van der Waals surface area contributed by atoms with E-state index in [1.54, 1.807) is 23.3 Å². The number of fused-ring (bicyclic) bond motifs is 1. The Morgan fingerprint density at radius 1 is 1.39 bits per heavy atom. The molecule has 0 saturated carbocycles. The van der Waals surface area contributed by atoms with Gasteiger partial charge in [0.05, 0.1) is 22.7 Å². The van der Waals surface area contributed by atoms with Crippen LogP contribution in [0.25, 0.3) is 10.9 Å². The summed E-state index contributed by atoms with van der Waals surface area (Å²) in [6, 6.07) is 7.49. The van der Waals surface area contributed by atoms with Crippen LogP contribution in [0.2, 0.25) is 5.02 Å². The molecule has 0 radical (unpaired) electrons. The summed E-state index contributed by atoms with van der Waals surface area (Å²) < 4.78 is 1.65. The van der Waals surface area contributed by atoms with E-state index in [-0.39, 0.29) is 11.2 Å². The molecule has 1 amide bonds. The third kappa shape index (κ3) is 3.65. The van der Waals surface area contributed by atoms with Gasteiger partial charge >= 0.3 is 0 Å². The van der Waals surface area contributed by atoms with Crippen LogP contribution in [0.5, 0.6) is 0 Å². The lowest BCUT2D eigenvalue weighted by atomic mass is 10.2. The third-order valence-corrected chi connectivity index (χ3v) is 4.72. The molecular formula is C16H15ClN4OS. The largest absolute Gasteiger partial charge is 0.322 e. The quantitative estimate of drug-likeness (QED) is 0.731. The summed E-state index contributed by atoms with van der Waals surface area (Å²) in [4.78, 5) is 17.6. The molecule has 0 unspecified atom stereocenters. The molecule has 1 aromatic carbocycles. The molecule has 1 atom stereocenters. The van der Waals surface area contributed by atoms with Crippen LogP contribution in [0.1, 0.15) is 6.92 Å². The summed E-state index contributed by atoms with van der Waals surface area (Å²) in [7, 11) is 1.81. The van der Waals surface area contributed by atoms with E-state index in [1.807, 2.05) is 38.2 Å². The van der Waals surface area contributed by atoms with E-state index in [9.17, 15) is 4.79 Å². The summed E-state index contributed by atoms with van der Waals surface area (Å²) in [6.07, 6.45) is 5.12. The molecule has 23 heavy (non-hydrogen) atoms. The van der Waals surface area contributed by atoms with Gasteiger partial charge < -0.3 is 5.32 Å². The van der Waals surface area contributed by atoms with Crippen molar-refractivity contribution in [2.75, 3.05) is 5.32 Å². The standard InChI is InChI=1S/C16H15ClN4OS/c1-10(16(22)20-12-8-19-21(2)9-12)23-15-5-6-18-14-7-11(17)3-4-13(14)15/h3-10H,1-2H3,(H,20,22)/t10-/m1/s1. The van der Waals surface area contributed by atoms with Gasteiger partial charge in [-0.2, -0.15) is 5.10 Å². The van der Waals surface area contributed by atoms with E-state index < -0.39 is 0 Å². The number of nitrogens with one attached hydrogen (secondary N) is 1. The molecule has 3 rings (SSSR count). The number of carbonyl (C=O) groups excluding carboxylic acids is 1. The molecule has 5 nitrogen and oxygen atoms in total. The molecule has 0 aliphatic heterocycles. The maximum atomic E-state index is 12.3. The average Bonchev–Trinajstić information content (AvgIpc) is 2.92. The zero-order chi connectivity index (χ0) is 16.4. The van der Waals surface area contributed by atoms with Crippen LogP contribution in [0.4, 0.5) is 5.69 Å². The van der Waals surface area contributed by atoms with Crippen molar-refractivity contribution in [2.24, 2.45) is 7.05 Å². The Bertz CT molecular complexity index is 864. The fourth-order valence-corrected chi connectivity index (χ4v) is 3.32. The highest BCUT2D eigenvalue weighted by atomic mass is 35.5. The maximum absolute atomic E-state index is 12.3. The molecule has 118 valence electrons. The van der Waals surface area contributed by atoms with Crippen molar-refractivity contribution in [3.63, 3.8) is 0 Å². The molecular weight excluding hydrogens is 332 g/mol. The van der Waals surface area contributed by atoms with Crippen LogP contribution in [-0.4, -0.2) is 25.9 Å².